The Labute approximate surface area is 134 Å². The molecule has 2 rings (SSSR count). The van der Waals surface area contributed by atoms with Crippen molar-refractivity contribution in [2.24, 2.45) is 5.41 Å². The Morgan fingerprint density at radius 2 is 2.00 bits per heavy atom. The van der Waals surface area contributed by atoms with Crippen molar-refractivity contribution in [1.29, 1.82) is 0 Å². The zero-order valence-electron chi connectivity index (χ0n) is 13.1. The van der Waals surface area contributed by atoms with E-state index in [9.17, 15) is 4.79 Å². The Morgan fingerprint density at radius 3 is 2.57 bits per heavy atom. The maximum Gasteiger partial charge on any atom is 0.227 e. The van der Waals surface area contributed by atoms with E-state index in [1.54, 1.807) is 12.4 Å². The minimum Gasteiger partial charge on any atom is -0.341 e. The van der Waals surface area contributed by atoms with Gasteiger partial charge in [-0.2, -0.15) is 0 Å². The molecule has 0 spiro atoms. The van der Waals surface area contributed by atoms with Gasteiger partial charge in [0.05, 0.1) is 4.47 Å². The van der Waals surface area contributed by atoms with Crippen molar-refractivity contribution in [1.82, 2.24) is 14.9 Å². The minimum atomic E-state index is -0.342. The number of carbonyl (C=O) groups excluding carboxylic acids is 1. The molecule has 0 aliphatic carbocycles. The highest BCUT2D eigenvalue weighted by Crippen LogP contribution is 2.23. The van der Waals surface area contributed by atoms with Crippen LogP contribution in [0.25, 0.3) is 0 Å². The number of likely N-dealkylation sites (N-methyl/N-ethyl adjacent to an activating group) is 1. The third kappa shape index (κ3) is 3.93. The predicted octanol–water partition coefficient (Wildman–Crippen LogP) is 2.71. The summed E-state index contributed by atoms with van der Waals surface area (Å²) in [5, 5.41) is 0. The standard InChI is InChI=1S/C15H23BrN4O/c1-15(2,3)13(21)19(4)12-6-5-7-20(10-12)14-17-8-11(16)9-18-14/h8-9,12H,5-7,10H2,1-4H3. The molecule has 0 aromatic carbocycles. The third-order valence-electron chi connectivity index (χ3n) is 3.80. The van der Waals surface area contributed by atoms with E-state index < -0.39 is 0 Å². The Morgan fingerprint density at radius 1 is 1.38 bits per heavy atom. The lowest BCUT2D eigenvalue weighted by Gasteiger charge is -2.39. The molecule has 2 heterocycles. The molecule has 1 aliphatic heterocycles. The van der Waals surface area contributed by atoms with Gasteiger partial charge in [0.2, 0.25) is 11.9 Å². The van der Waals surface area contributed by atoms with Gasteiger partial charge in [0.15, 0.2) is 0 Å². The van der Waals surface area contributed by atoms with E-state index in [0.717, 1.165) is 36.4 Å². The van der Waals surface area contributed by atoms with Crippen molar-refractivity contribution in [3.8, 4) is 0 Å². The van der Waals surface area contributed by atoms with Crippen molar-refractivity contribution < 1.29 is 4.79 Å². The van der Waals surface area contributed by atoms with Crippen molar-refractivity contribution in [2.45, 2.75) is 39.7 Å². The lowest BCUT2D eigenvalue weighted by molar-refractivity contribution is -0.140. The van der Waals surface area contributed by atoms with E-state index in [1.165, 1.54) is 0 Å². The molecule has 1 aromatic heterocycles. The second kappa shape index (κ2) is 6.30. The summed E-state index contributed by atoms with van der Waals surface area (Å²) in [5.74, 6) is 0.922. The third-order valence-corrected chi connectivity index (χ3v) is 4.21. The SMILES string of the molecule is CN(C(=O)C(C)(C)C)C1CCCN(c2ncc(Br)cn2)C1. The van der Waals surface area contributed by atoms with Gasteiger partial charge in [-0.1, -0.05) is 20.8 Å². The molecule has 1 aliphatic rings. The molecule has 1 amide bonds. The number of rotatable bonds is 2. The van der Waals surface area contributed by atoms with Gasteiger partial charge in [-0.25, -0.2) is 9.97 Å². The van der Waals surface area contributed by atoms with E-state index >= 15 is 0 Å². The number of amides is 1. The lowest BCUT2D eigenvalue weighted by Crippen LogP contribution is -2.51. The van der Waals surface area contributed by atoms with E-state index in [0.29, 0.717) is 0 Å². The molecule has 0 saturated carbocycles. The van der Waals surface area contributed by atoms with E-state index in [-0.39, 0.29) is 17.4 Å². The number of piperidine rings is 1. The van der Waals surface area contributed by atoms with Gasteiger partial charge in [0.1, 0.15) is 0 Å². The number of hydrogen-bond donors (Lipinski definition) is 0. The molecule has 116 valence electrons. The van der Waals surface area contributed by atoms with Crippen LogP contribution in [0.15, 0.2) is 16.9 Å². The maximum absolute atomic E-state index is 12.4. The fourth-order valence-electron chi connectivity index (χ4n) is 2.62. The lowest BCUT2D eigenvalue weighted by atomic mass is 9.93. The number of halogens is 1. The summed E-state index contributed by atoms with van der Waals surface area (Å²) in [6.45, 7) is 7.62. The minimum absolute atomic E-state index is 0.186. The zero-order valence-corrected chi connectivity index (χ0v) is 14.7. The first-order chi connectivity index (χ1) is 9.79. The molecular weight excluding hydrogens is 332 g/mol. The molecular formula is C15H23BrN4O. The van der Waals surface area contributed by atoms with Crippen molar-refractivity contribution in [3.05, 3.63) is 16.9 Å². The summed E-state index contributed by atoms with van der Waals surface area (Å²) in [6, 6.07) is 0.220. The van der Waals surface area contributed by atoms with Crippen molar-refractivity contribution in [2.75, 3.05) is 25.0 Å². The van der Waals surface area contributed by atoms with Gasteiger partial charge in [-0.3, -0.25) is 4.79 Å². The summed E-state index contributed by atoms with van der Waals surface area (Å²) in [4.78, 5) is 25.2. The molecule has 1 saturated heterocycles. The fraction of sp³-hybridized carbons (Fsp3) is 0.667. The van der Waals surface area contributed by atoms with Crippen LogP contribution in [0.5, 0.6) is 0 Å². The molecule has 0 radical (unpaired) electrons. The van der Waals surface area contributed by atoms with Crippen LogP contribution in [0.4, 0.5) is 5.95 Å². The number of anilines is 1. The summed E-state index contributed by atoms with van der Waals surface area (Å²) >= 11 is 3.35. The predicted molar refractivity (Wildman–Crippen MR) is 87.2 cm³/mol. The first-order valence-corrected chi connectivity index (χ1v) is 8.08. The van der Waals surface area contributed by atoms with Crippen LogP contribution in [0.2, 0.25) is 0 Å². The Kier molecular flexibility index (Phi) is 4.86. The van der Waals surface area contributed by atoms with Crippen LogP contribution in [-0.4, -0.2) is 47.0 Å². The number of nitrogens with zero attached hydrogens (tertiary/aromatic N) is 4. The van der Waals surface area contributed by atoms with Crippen LogP contribution in [-0.2, 0) is 4.79 Å². The highest BCUT2D eigenvalue weighted by molar-refractivity contribution is 9.10. The van der Waals surface area contributed by atoms with Gasteiger partial charge >= 0.3 is 0 Å². The molecule has 5 nitrogen and oxygen atoms in total. The average molecular weight is 355 g/mol. The molecule has 21 heavy (non-hydrogen) atoms. The number of carbonyl (C=O) groups is 1. The van der Waals surface area contributed by atoms with E-state index in [1.807, 2.05) is 32.7 Å². The van der Waals surface area contributed by atoms with Crippen molar-refractivity contribution in [3.63, 3.8) is 0 Å². The molecule has 1 fully saturated rings. The smallest absolute Gasteiger partial charge is 0.227 e. The van der Waals surface area contributed by atoms with Crippen LogP contribution in [0.3, 0.4) is 0 Å². The first-order valence-electron chi connectivity index (χ1n) is 7.29. The Balaban J connectivity index is 2.07. The molecule has 1 aromatic rings. The zero-order chi connectivity index (χ0) is 15.6. The van der Waals surface area contributed by atoms with Gasteiger partial charge < -0.3 is 9.80 Å². The first kappa shape index (κ1) is 16.2. The summed E-state index contributed by atoms with van der Waals surface area (Å²) in [6.07, 6.45) is 5.60. The van der Waals surface area contributed by atoms with E-state index in [4.69, 9.17) is 0 Å². The van der Waals surface area contributed by atoms with Gasteiger partial charge in [-0.05, 0) is 28.8 Å². The van der Waals surface area contributed by atoms with Gasteiger partial charge in [0, 0.05) is 44.0 Å². The Hall–Kier alpha value is -1.17. The largest absolute Gasteiger partial charge is 0.341 e. The van der Waals surface area contributed by atoms with Crippen LogP contribution in [0.1, 0.15) is 33.6 Å². The summed E-state index contributed by atoms with van der Waals surface area (Å²) < 4.78 is 0.875. The van der Waals surface area contributed by atoms with Gasteiger partial charge in [-0.15, -0.1) is 0 Å². The van der Waals surface area contributed by atoms with Crippen LogP contribution in [0, 0.1) is 5.41 Å². The highest BCUT2D eigenvalue weighted by Gasteiger charge is 2.32. The monoisotopic (exact) mass is 354 g/mol. The maximum atomic E-state index is 12.4. The van der Waals surface area contributed by atoms with Crippen LogP contribution >= 0.6 is 15.9 Å². The number of hydrogen-bond acceptors (Lipinski definition) is 4. The molecule has 0 bridgehead atoms. The Bertz CT molecular complexity index is 497. The topological polar surface area (TPSA) is 49.3 Å². The fourth-order valence-corrected chi connectivity index (χ4v) is 2.82. The number of aromatic nitrogens is 2. The highest BCUT2D eigenvalue weighted by atomic mass is 79.9. The summed E-state index contributed by atoms with van der Waals surface area (Å²) in [5.41, 5.74) is -0.342. The molecule has 1 unspecified atom stereocenters. The molecule has 0 N–H and O–H groups in total. The van der Waals surface area contributed by atoms with Crippen LogP contribution < -0.4 is 4.90 Å². The molecule has 6 heteroatoms. The second-order valence-electron chi connectivity index (χ2n) is 6.61. The van der Waals surface area contributed by atoms with Gasteiger partial charge in [0.25, 0.3) is 0 Å². The normalized spacial score (nSPS) is 19.5. The summed E-state index contributed by atoms with van der Waals surface area (Å²) in [7, 11) is 1.91. The van der Waals surface area contributed by atoms with E-state index in [2.05, 4.69) is 30.8 Å². The quantitative estimate of drug-likeness (QED) is 0.819. The molecule has 1 atom stereocenters. The average Bonchev–Trinajstić information content (AvgIpc) is 2.45. The second-order valence-corrected chi connectivity index (χ2v) is 7.53. The van der Waals surface area contributed by atoms with Crippen molar-refractivity contribution >= 4 is 27.8 Å².